The van der Waals surface area contributed by atoms with Crippen molar-refractivity contribution in [1.82, 2.24) is 9.96 Å². The Balaban J connectivity index is 2.26. The molecule has 0 saturated carbocycles. The number of carbonyl (C=O) groups excluding carboxylic acids is 3. The Morgan fingerprint density at radius 3 is 2.67 bits per heavy atom. The molecule has 0 spiro atoms. The highest BCUT2D eigenvalue weighted by Gasteiger charge is 2.52. The van der Waals surface area contributed by atoms with E-state index in [1.54, 1.807) is 6.92 Å². The summed E-state index contributed by atoms with van der Waals surface area (Å²) >= 11 is 0. The van der Waals surface area contributed by atoms with Crippen LogP contribution >= 0.6 is 0 Å². The van der Waals surface area contributed by atoms with Crippen molar-refractivity contribution in [2.45, 2.75) is 31.8 Å². The number of oxime groups is 1. The highest BCUT2D eigenvalue weighted by molar-refractivity contribution is 7.80. The van der Waals surface area contributed by atoms with E-state index in [1.165, 1.54) is 0 Å². The predicted molar refractivity (Wildman–Crippen MR) is 76.6 cm³/mol. The lowest BCUT2D eigenvalue weighted by Crippen LogP contribution is -2.51. The van der Waals surface area contributed by atoms with Gasteiger partial charge in [-0.25, -0.2) is 4.79 Å². The van der Waals surface area contributed by atoms with Gasteiger partial charge in [0, 0.05) is 12.8 Å². The normalized spacial score (nSPS) is 25.2. The zero-order valence-electron chi connectivity index (χ0n) is 12.6. The van der Waals surface area contributed by atoms with Gasteiger partial charge in [0.1, 0.15) is 12.1 Å². The Hall–Kier alpha value is -2.25. The first kappa shape index (κ1) is 18.1. The van der Waals surface area contributed by atoms with E-state index in [4.69, 9.17) is 15.1 Å². The van der Waals surface area contributed by atoms with E-state index in [2.05, 4.69) is 9.44 Å². The minimum Gasteiger partial charge on any atom is -0.388 e. The molecule has 134 valence electrons. The van der Waals surface area contributed by atoms with Crippen LogP contribution in [0.1, 0.15) is 19.8 Å². The number of ketones is 1. The molecule has 3 amide bonds. The van der Waals surface area contributed by atoms with E-state index < -0.39 is 34.4 Å². The molecule has 0 unspecified atom stereocenters. The molecule has 2 atom stereocenters. The molecule has 0 radical (unpaired) electrons. The third-order valence-corrected chi connectivity index (χ3v) is 3.90. The number of rotatable bonds is 7. The quantitative estimate of drug-likeness (QED) is 0.403. The zero-order valence-corrected chi connectivity index (χ0v) is 13.4. The van der Waals surface area contributed by atoms with Gasteiger partial charge in [0.25, 0.3) is 0 Å². The average molecular weight is 364 g/mol. The molecule has 0 aromatic rings. The summed E-state index contributed by atoms with van der Waals surface area (Å²) in [5, 5.41) is 4.09. The second-order valence-corrected chi connectivity index (χ2v) is 6.15. The number of nitrogens with two attached hydrogens (primary N) is 1. The van der Waals surface area contributed by atoms with E-state index in [0.29, 0.717) is 5.06 Å². The summed E-state index contributed by atoms with van der Waals surface area (Å²) in [5.74, 6) is -1.05. The topological polar surface area (TPSA) is 169 Å². The van der Waals surface area contributed by atoms with Crippen LogP contribution in [0.2, 0.25) is 0 Å². The van der Waals surface area contributed by atoms with Crippen molar-refractivity contribution in [3.05, 3.63) is 0 Å². The first-order valence-electron chi connectivity index (χ1n) is 6.90. The first-order valence-corrected chi connectivity index (χ1v) is 8.27. The van der Waals surface area contributed by atoms with Crippen LogP contribution in [0.3, 0.4) is 0 Å². The van der Waals surface area contributed by atoms with Crippen LogP contribution in [0, 0.1) is 0 Å². The Labute approximate surface area is 137 Å². The van der Waals surface area contributed by atoms with Crippen LogP contribution in [0.5, 0.6) is 0 Å². The van der Waals surface area contributed by atoms with Gasteiger partial charge in [0.15, 0.2) is 12.4 Å². The van der Waals surface area contributed by atoms with Gasteiger partial charge < -0.3 is 15.5 Å². The van der Waals surface area contributed by atoms with Gasteiger partial charge in [-0.3, -0.25) is 14.1 Å². The van der Waals surface area contributed by atoms with E-state index in [-0.39, 0.29) is 37.5 Å². The Morgan fingerprint density at radius 2 is 2.12 bits per heavy atom. The highest BCUT2D eigenvalue weighted by Crippen LogP contribution is 2.29. The van der Waals surface area contributed by atoms with Crippen LogP contribution in [-0.2, 0) is 29.1 Å². The number of nitrogens with zero attached hydrogens (tertiary/aromatic N) is 3. The first-order chi connectivity index (χ1) is 11.1. The number of hydroxylamine groups is 2. The van der Waals surface area contributed by atoms with Gasteiger partial charge in [-0.15, -0.1) is 4.28 Å². The summed E-state index contributed by atoms with van der Waals surface area (Å²) in [7, 11) is -4.97. The van der Waals surface area contributed by atoms with E-state index >= 15 is 0 Å². The molecule has 2 aliphatic heterocycles. The lowest BCUT2D eigenvalue weighted by molar-refractivity contribution is -0.123. The van der Waals surface area contributed by atoms with E-state index in [0.717, 1.165) is 4.90 Å². The van der Waals surface area contributed by atoms with Crippen LogP contribution in [-0.4, -0.2) is 71.6 Å². The summed E-state index contributed by atoms with van der Waals surface area (Å²) in [4.78, 5) is 40.8. The van der Waals surface area contributed by atoms with Crippen molar-refractivity contribution in [3.8, 4) is 0 Å². The molecule has 2 saturated heterocycles. The number of urea groups is 1. The standard InChI is InChI=1S/C11H16N4O8S/c1-2-6(16)5-22-13-7-3-8(10(12)17)14-4-9(7)15(11(14)18)23-24(19,20)21/h8-9H,2-5H2,1H3,(H2,12,17)(H,19,20,21)/t8-,9-/m0/s1. The van der Waals surface area contributed by atoms with Crippen LogP contribution in [0.15, 0.2) is 5.16 Å². The second kappa shape index (κ2) is 6.70. The Morgan fingerprint density at radius 1 is 1.46 bits per heavy atom. The summed E-state index contributed by atoms with van der Waals surface area (Å²) in [5.41, 5.74) is 5.33. The number of carbonyl (C=O) groups is 3. The van der Waals surface area contributed by atoms with Gasteiger partial charge in [-0.2, -0.15) is 13.5 Å². The van der Waals surface area contributed by atoms with E-state index in [1.807, 2.05) is 0 Å². The smallest absolute Gasteiger partial charge is 0.388 e. The molecule has 13 heteroatoms. The number of hydrogen-bond acceptors (Lipinski definition) is 8. The summed E-state index contributed by atoms with van der Waals surface area (Å²) < 4.78 is 34.8. The number of amides is 3. The maximum Gasteiger partial charge on any atom is 0.418 e. The maximum atomic E-state index is 12.1. The predicted octanol–water partition coefficient (Wildman–Crippen LogP) is -1.56. The molecule has 24 heavy (non-hydrogen) atoms. The number of fused-ring (bicyclic) bond motifs is 2. The summed E-state index contributed by atoms with van der Waals surface area (Å²) in [6, 6.07) is -3.05. The summed E-state index contributed by atoms with van der Waals surface area (Å²) in [6.07, 6.45) is 0.125. The third-order valence-electron chi connectivity index (χ3n) is 3.55. The molecule has 2 aliphatic rings. The molecule has 0 aliphatic carbocycles. The SMILES string of the molecule is CCC(=O)CON=C1C[C@@H](C(N)=O)N2C[C@@H]1N(OS(=O)(=O)O)C2=O. The van der Waals surface area contributed by atoms with Gasteiger partial charge in [-0.05, 0) is 0 Å². The number of primary amides is 1. The van der Waals surface area contributed by atoms with Crippen LogP contribution in [0.25, 0.3) is 0 Å². The second-order valence-electron chi connectivity index (χ2n) is 5.15. The fourth-order valence-corrected chi connectivity index (χ4v) is 2.74. The number of hydrogen-bond donors (Lipinski definition) is 2. The average Bonchev–Trinajstić information content (AvgIpc) is 2.74. The Bertz CT molecular complexity index is 690. The molecule has 2 fully saturated rings. The van der Waals surface area contributed by atoms with Crippen molar-refractivity contribution in [3.63, 3.8) is 0 Å². The van der Waals surface area contributed by atoms with Crippen molar-refractivity contribution in [2.75, 3.05) is 13.2 Å². The number of Topliss-reactive ketones (excluding diaryl/α,β-unsaturated/α-hetero) is 1. The van der Waals surface area contributed by atoms with Crippen molar-refractivity contribution >= 4 is 33.8 Å². The van der Waals surface area contributed by atoms with E-state index in [9.17, 15) is 22.8 Å². The van der Waals surface area contributed by atoms with Crippen molar-refractivity contribution in [2.24, 2.45) is 10.9 Å². The molecule has 2 bridgehead atoms. The third kappa shape index (κ3) is 3.80. The lowest BCUT2D eigenvalue weighted by atomic mass is 9.98. The zero-order chi connectivity index (χ0) is 18.1. The maximum absolute atomic E-state index is 12.1. The fraction of sp³-hybridized carbons (Fsp3) is 0.636. The van der Waals surface area contributed by atoms with Crippen LogP contribution in [0.4, 0.5) is 4.79 Å². The molecular formula is C11H16N4O8S. The Kier molecular flexibility index (Phi) is 5.05. The monoisotopic (exact) mass is 364 g/mol. The minimum absolute atomic E-state index is 0.0912. The fourth-order valence-electron chi connectivity index (χ4n) is 2.37. The molecule has 2 rings (SSSR count). The lowest BCUT2D eigenvalue weighted by Gasteiger charge is -2.28. The van der Waals surface area contributed by atoms with Crippen molar-refractivity contribution < 1.29 is 36.5 Å². The van der Waals surface area contributed by atoms with Crippen LogP contribution < -0.4 is 5.73 Å². The van der Waals surface area contributed by atoms with Gasteiger partial charge >= 0.3 is 16.4 Å². The molecular weight excluding hydrogens is 348 g/mol. The highest BCUT2D eigenvalue weighted by atomic mass is 32.3. The molecule has 0 aromatic carbocycles. The molecule has 12 nitrogen and oxygen atoms in total. The number of piperidine rings is 1. The van der Waals surface area contributed by atoms with Gasteiger partial charge in [0.2, 0.25) is 5.91 Å². The molecule has 0 aromatic heterocycles. The molecule has 2 heterocycles. The van der Waals surface area contributed by atoms with Gasteiger partial charge in [-0.1, -0.05) is 12.1 Å². The largest absolute Gasteiger partial charge is 0.418 e. The minimum atomic E-state index is -4.97. The van der Waals surface area contributed by atoms with Gasteiger partial charge in [0.05, 0.1) is 12.3 Å². The van der Waals surface area contributed by atoms with Crippen molar-refractivity contribution in [1.29, 1.82) is 0 Å². The molecule has 3 N–H and O–H groups in total. The summed E-state index contributed by atoms with van der Waals surface area (Å²) in [6.45, 7) is 1.19.